The van der Waals surface area contributed by atoms with Crippen molar-refractivity contribution in [3.05, 3.63) is 17.3 Å². The van der Waals surface area contributed by atoms with Crippen molar-refractivity contribution in [2.75, 3.05) is 12.4 Å². The molecule has 1 aliphatic rings. The minimum absolute atomic E-state index is 0.0184. The third-order valence-electron chi connectivity index (χ3n) is 5.34. The molecule has 1 N–H and O–H groups in total. The lowest BCUT2D eigenvalue weighted by Gasteiger charge is -2.45. The van der Waals surface area contributed by atoms with Gasteiger partial charge in [0, 0.05) is 7.11 Å². The molecule has 1 aliphatic carbocycles. The first-order chi connectivity index (χ1) is 11.5. The molecule has 1 aromatic rings. The highest BCUT2D eigenvalue weighted by Gasteiger charge is 2.44. The van der Waals surface area contributed by atoms with Gasteiger partial charge in [-0.2, -0.15) is 4.98 Å². The number of nitrogens with zero attached hydrogens (tertiary/aromatic N) is 2. The Morgan fingerprint density at radius 2 is 2.00 bits per heavy atom. The van der Waals surface area contributed by atoms with Crippen LogP contribution in [-0.2, 0) is 9.16 Å². The van der Waals surface area contributed by atoms with Crippen molar-refractivity contribution in [1.29, 1.82) is 0 Å². The summed E-state index contributed by atoms with van der Waals surface area (Å²) in [5.41, 5.74) is 0. The van der Waals surface area contributed by atoms with E-state index in [9.17, 15) is 4.39 Å². The van der Waals surface area contributed by atoms with E-state index in [2.05, 4.69) is 49.1 Å². The van der Waals surface area contributed by atoms with Crippen molar-refractivity contribution in [1.82, 2.24) is 9.97 Å². The van der Waals surface area contributed by atoms with Crippen molar-refractivity contribution in [3.8, 4) is 0 Å². The van der Waals surface area contributed by atoms with Gasteiger partial charge in [-0.3, -0.25) is 0 Å². The summed E-state index contributed by atoms with van der Waals surface area (Å²) in [5.74, 6) is -0.402. The lowest BCUT2D eigenvalue weighted by Crippen LogP contribution is -2.55. The molecular weight excluding hydrogens is 361 g/mol. The Bertz CT molecular complexity index is 598. The molecule has 1 fully saturated rings. The lowest BCUT2D eigenvalue weighted by molar-refractivity contribution is -0.0352. The molecule has 5 nitrogen and oxygen atoms in total. The fourth-order valence-corrected chi connectivity index (χ4v) is 4.31. The number of rotatable bonds is 5. The summed E-state index contributed by atoms with van der Waals surface area (Å²) in [7, 11) is -0.301. The molecule has 0 unspecified atom stereocenters. The Kier molecular flexibility index (Phi) is 6.46. The average molecular weight is 390 g/mol. The van der Waals surface area contributed by atoms with Gasteiger partial charge in [-0.15, -0.1) is 0 Å². The zero-order valence-corrected chi connectivity index (χ0v) is 17.7. The van der Waals surface area contributed by atoms with Crippen LogP contribution in [0.2, 0.25) is 23.4 Å². The Balaban J connectivity index is 2.25. The van der Waals surface area contributed by atoms with E-state index >= 15 is 0 Å². The number of ether oxygens (including phenoxy) is 1. The van der Waals surface area contributed by atoms with Crippen LogP contribution in [0.15, 0.2) is 6.20 Å². The predicted octanol–water partition coefficient (Wildman–Crippen LogP) is 4.64. The molecule has 25 heavy (non-hydrogen) atoms. The van der Waals surface area contributed by atoms with E-state index in [0.717, 1.165) is 25.5 Å². The van der Waals surface area contributed by atoms with Gasteiger partial charge in [0.2, 0.25) is 5.28 Å². The van der Waals surface area contributed by atoms with Crippen LogP contribution < -0.4 is 5.32 Å². The van der Waals surface area contributed by atoms with Gasteiger partial charge >= 0.3 is 0 Å². The van der Waals surface area contributed by atoms with Crippen molar-refractivity contribution in [2.24, 2.45) is 0 Å². The fourth-order valence-electron chi connectivity index (χ4n) is 2.83. The summed E-state index contributed by atoms with van der Waals surface area (Å²) in [4.78, 5) is 7.65. The van der Waals surface area contributed by atoms with Gasteiger partial charge in [0.15, 0.2) is 20.0 Å². The van der Waals surface area contributed by atoms with Crippen LogP contribution in [0.1, 0.15) is 40.0 Å². The van der Waals surface area contributed by atoms with Crippen molar-refractivity contribution >= 4 is 25.7 Å². The van der Waals surface area contributed by atoms with Gasteiger partial charge in [-0.1, -0.05) is 20.8 Å². The summed E-state index contributed by atoms with van der Waals surface area (Å²) in [6.45, 7) is 11.0. The molecule has 0 saturated heterocycles. The van der Waals surface area contributed by atoms with Crippen LogP contribution in [0.3, 0.4) is 0 Å². The molecule has 142 valence electrons. The van der Waals surface area contributed by atoms with Crippen LogP contribution in [0.5, 0.6) is 0 Å². The maximum absolute atomic E-state index is 14.0. The summed E-state index contributed by atoms with van der Waals surface area (Å²) in [6, 6.07) is -0.0895. The highest BCUT2D eigenvalue weighted by Crippen LogP contribution is 2.40. The smallest absolute Gasteiger partial charge is 0.224 e. The maximum atomic E-state index is 14.0. The normalized spacial score (nSPS) is 25.0. The van der Waals surface area contributed by atoms with Gasteiger partial charge < -0.3 is 14.5 Å². The van der Waals surface area contributed by atoms with E-state index in [4.69, 9.17) is 20.8 Å². The Morgan fingerprint density at radius 1 is 1.32 bits per heavy atom. The van der Waals surface area contributed by atoms with Gasteiger partial charge in [-0.05, 0) is 49.0 Å². The van der Waals surface area contributed by atoms with Gasteiger partial charge in [0.25, 0.3) is 0 Å². The standard InChI is InChI=1S/C17H29ClFN3O2Si/c1-17(2,3)25(5,6)24-14-12(8-7-9-13(14)23-4)21-15-11(19)10-20-16(18)22-15/h10,12-14H,7-9H2,1-6H3,(H,20,21,22)/t12-,13+,14+/m0/s1. The molecule has 3 atom stereocenters. The molecule has 1 aromatic heterocycles. The second kappa shape index (κ2) is 7.86. The van der Waals surface area contributed by atoms with E-state index in [1.54, 1.807) is 7.11 Å². The first-order valence-electron chi connectivity index (χ1n) is 8.70. The summed E-state index contributed by atoms with van der Waals surface area (Å²) < 4.78 is 26.4. The van der Waals surface area contributed by atoms with E-state index in [0.29, 0.717) is 0 Å². The van der Waals surface area contributed by atoms with Crippen LogP contribution in [0.4, 0.5) is 10.2 Å². The molecule has 0 aromatic carbocycles. The van der Waals surface area contributed by atoms with Crippen molar-refractivity contribution < 1.29 is 13.6 Å². The quantitative estimate of drug-likeness (QED) is 0.587. The molecule has 0 bridgehead atoms. The van der Waals surface area contributed by atoms with Crippen LogP contribution in [-0.4, -0.2) is 43.6 Å². The number of halogens is 2. The van der Waals surface area contributed by atoms with E-state index in [-0.39, 0.29) is 34.4 Å². The minimum Gasteiger partial charge on any atom is -0.409 e. The lowest BCUT2D eigenvalue weighted by atomic mass is 9.90. The minimum atomic E-state index is -2.01. The number of anilines is 1. The summed E-state index contributed by atoms with van der Waals surface area (Å²) in [6.07, 6.45) is 3.67. The SMILES string of the molecule is CO[C@@H]1CCC[C@H](Nc2nc(Cl)ncc2F)[C@H]1O[Si](C)(C)C(C)(C)C. The molecule has 1 heterocycles. The average Bonchev–Trinajstić information content (AvgIpc) is 2.51. The number of methoxy groups -OCH3 is 1. The van der Waals surface area contributed by atoms with Crippen LogP contribution in [0.25, 0.3) is 0 Å². The van der Waals surface area contributed by atoms with Gasteiger partial charge in [-0.25, -0.2) is 9.37 Å². The van der Waals surface area contributed by atoms with Crippen LogP contribution >= 0.6 is 11.6 Å². The zero-order chi connectivity index (χ0) is 18.8. The third-order valence-corrected chi connectivity index (χ3v) is 10.00. The van der Waals surface area contributed by atoms with E-state index in [1.807, 2.05) is 0 Å². The molecule has 2 rings (SSSR count). The molecule has 0 radical (unpaired) electrons. The van der Waals surface area contributed by atoms with E-state index < -0.39 is 14.1 Å². The Morgan fingerprint density at radius 3 is 2.60 bits per heavy atom. The first-order valence-corrected chi connectivity index (χ1v) is 12.0. The molecule has 0 amide bonds. The maximum Gasteiger partial charge on any atom is 0.224 e. The second-order valence-corrected chi connectivity index (χ2v) is 13.2. The summed E-state index contributed by atoms with van der Waals surface area (Å²) >= 11 is 5.82. The van der Waals surface area contributed by atoms with Gasteiger partial charge in [0.05, 0.1) is 24.4 Å². The topological polar surface area (TPSA) is 56.3 Å². The Hall–Kier alpha value is -0.763. The van der Waals surface area contributed by atoms with E-state index in [1.165, 1.54) is 0 Å². The monoisotopic (exact) mass is 389 g/mol. The molecule has 8 heteroatoms. The van der Waals surface area contributed by atoms with Crippen molar-refractivity contribution in [3.63, 3.8) is 0 Å². The highest BCUT2D eigenvalue weighted by atomic mass is 35.5. The second-order valence-electron chi connectivity index (χ2n) is 8.13. The molecule has 1 saturated carbocycles. The largest absolute Gasteiger partial charge is 0.409 e. The van der Waals surface area contributed by atoms with Gasteiger partial charge in [0.1, 0.15) is 0 Å². The Labute approximate surface area is 155 Å². The highest BCUT2D eigenvalue weighted by molar-refractivity contribution is 6.74. The van der Waals surface area contributed by atoms with Crippen molar-refractivity contribution in [2.45, 2.75) is 76.4 Å². The number of hydrogen-bond donors (Lipinski definition) is 1. The number of aromatic nitrogens is 2. The third kappa shape index (κ3) is 4.90. The molecular formula is C17H29ClFN3O2Si. The number of hydrogen-bond acceptors (Lipinski definition) is 5. The molecule has 0 spiro atoms. The fraction of sp³-hybridized carbons (Fsp3) is 0.765. The zero-order valence-electron chi connectivity index (χ0n) is 15.9. The predicted molar refractivity (Wildman–Crippen MR) is 101 cm³/mol. The van der Waals surface area contributed by atoms with Crippen LogP contribution in [0, 0.1) is 5.82 Å². The first kappa shape index (κ1) is 20.5. The number of nitrogens with one attached hydrogen (secondary N) is 1. The molecule has 0 aliphatic heterocycles. The summed E-state index contributed by atoms with van der Waals surface area (Å²) in [5, 5.41) is 3.28.